The lowest BCUT2D eigenvalue weighted by molar-refractivity contribution is -0.00518. The first-order valence-corrected chi connectivity index (χ1v) is 12.4. The van der Waals surface area contributed by atoms with Crippen molar-refractivity contribution in [1.82, 2.24) is 0 Å². The summed E-state index contributed by atoms with van der Waals surface area (Å²) in [7, 11) is 0. The molecule has 0 aromatic heterocycles. The molecule has 1 amide bonds. The van der Waals surface area contributed by atoms with Crippen molar-refractivity contribution in [3.05, 3.63) is 59.7 Å². The second kappa shape index (κ2) is 8.22. The van der Waals surface area contributed by atoms with Crippen LogP contribution in [0.5, 0.6) is 5.75 Å². The molecule has 32 heavy (non-hydrogen) atoms. The molecule has 7 rings (SSSR count). The molecule has 2 aromatic rings. The van der Waals surface area contributed by atoms with Crippen LogP contribution in [0.3, 0.4) is 0 Å². The highest BCUT2D eigenvalue weighted by molar-refractivity contribution is 6.04. The van der Waals surface area contributed by atoms with Crippen molar-refractivity contribution < 1.29 is 14.3 Å². The van der Waals surface area contributed by atoms with Crippen molar-refractivity contribution in [1.29, 1.82) is 0 Å². The number of rotatable bonds is 6. The lowest BCUT2D eigenvalue weighted by atomic mass is 9.48. The van der Waals surface area contributed by atoms with Gasteiger partial charge in [-0.25, -0.2) is 0 Å². The molecule has 4 aliphatic carbocycles. The van der Waals surface area contributed by atoms with Gasteiger partial charge in [0.15, 0.2) is 0 Å². The molecule has 2 aromatic carbocycles. The summed E-state index contributed by atoms with van der Waals surface area (Å²) < 4.78 is 11.4. The highest BCUT2D eigenvalue weighted by Gasteiger charge is 2.51. The van der Waals surface area contributed by atoms with Crippen LogP contribution in [-0.2, 0) is 10.2 Å². The summed E-state index contributed by atoms with van der Waals surface area (Å²) in [6.45, 7) is 1.40. The lowest BCUT2D eigenvalue weighted by Gasteiger charge is -2.57. The Morgan fingerprint density at radius 1 is 0.938 bits per heavy atom. The van der Waals surface area contributed by atoms with E-state index in [0.717, 1.165) is 48.6 Å². The molecule has 5 fully saturated rings. The topological polar surface area (TPSA) is 47.6 Å². The van der Waals surface area contributed by atoms with Crippen LogP contribution in [0.1, 0.15) is 67.3 Å². The highest BCUT2D eigenvalue weighted by Crippen LogP contribution is 2.60. The van der Waals surface area contributed by atoms with Crippen molar-refractivity contribution in [3.8, 4) is 5.75 Å². The molecule has 0 radical (unpaired) electrons. The lowest BCUT2D eigenvalue weighted by Crippen LogP contribution is -2.48. The monoisotopic (exact) mass is 431 g/mol. The number of hydrogen-bond donors (Lipinski definition) is 1. The molecular weight excluding hydrogens is 398 g/mol. The zero-order valence-electron chi connectivity index (χ0n) is 18.7. The van der Waals surface area contributed by atoms with Gasteiger partial charge in [-0.05, 0) is 116 Å². The van der Waals surface area contributed by atoms with Crippen molar-refractivity contribution in [2.24, 2.45) is 17.8 Å². The van der Waals surface area contributed by atoms with E-state index in [1.54, 1.807) is 0 Å². The van der Waals surface area contributed by atoms with E-state index in [-0.39, 0.29) is 12.0 Å². The van der Waals surface area contributed by atoms with Crippen LogP contribution in [0.4, 0.5) is 5.69 Å². The first-order chi connectivity index (χ1) is 15.6. The zero-order valence-corrected chi connectivity index (χ0v) is 18.7. The standard InChI is InChI=1S/C28H33NO3/c30-27(22-3-9-25(10-4-22)32-18-26-2-1-11-31-26)29-24-7-5-23(6-8-24)28-15-19-12-20(16-28)14-21(13-19)17-28/h3-10,19-21,26H,1-2,11-18H2,(H,29,30)/t19?,20?,21?,26-,28?/m0/s1. The number of hydrogen-bond acceptors (Lipinski definition) is 3. The first-order valence-electron chi connectivity index (χ1n) is 12.4. The van der Waals surface area contributed by atoms with E-state index < -0.39 is 0 Å². The molecule has 4 nitrogen and oxygen atoms in total. The summed E-state index contributed by atoms with van der Waals surface area (Å²) >= 11 is 0. The van der Waals surface area contributed by atoms with Crippen LogP contribution in [0.25, 0.3) is 0 Å². The van der Waals surface area contributed by atoms with Crippen LogP contribution in [0.2, 0.25) is 0 Å². The summed E-state index contributed by atoms with van der Waals surface area (Å²) in [4.78, 5) is 12.7. The minimum Gasteiger partial charge on any atom is -0.491 e. The molecule has 168 valence electrons. The Kier molecular flexibility index (Phi) is 5.21. The SMILES string of the molecule is O=C(Nc1ccc(C23CC4CC(CC(C4)C2)C3)cc1)c1ccc(OC[C@@H]2CCCO2)cc1. The molecule has 4 heteroatoms. The molecule has 1 heterocycles. The van der Waals surface area contributed by atoms with E-state index in [2.05, 4.69) is 29.6 Å². The highest BCUT2D eigenvalue weighted by atomic mass is 16.5. The van der Waals surface area contributed by atoms with E-state index in [4.69, 9.17) is 9.47 Å². The van der Waals surface area contributed by atoms with E-state index >= 15 is 0 Å². The number of anilines is 1. The molecule has 1 N–H and O–H groups in total. The quantitative estimate of drug-likeness (QED) is 0.613. The molecule has 0 spiro atoms. The summed E-state index contributed by atoms with van der Waals surface area (Å²) in [5, 5.41) is 3.06. The summed E-state index contributed by atoms with van der Waals surface area (Å²) in [6, 6.07) is 16.1. The van der Waals surface area contributed by atoms with Crippen LogP contribution >= 0.6 is 0 Å². The molecule has 0 unspecified atom stereocenters. The third-order valence-electron chi connectivity index (χ3n) is 8.37. The van der Waals surface area contributed by atoms with Crippen LogP contribution in [0.15, 0.2) is 48.5 Å². The first kappa shape index (κ1) is 20.3. The van der Waals surface area contributed by atoms with Crippen LogP contribution in [0, 0.1) is 17.8 Å². The fourth-order valence-electron chi connectivity index (χ4n) is 7.24. The van der Waals surface area contributed by atoms with Crippen LogP contribution < -0.4 is 10.1 Å². The molecule has 4 saturated carbocycles. The van der Waals surface area contributed by atoms with Crippen LogP contribution in [-0.4, -0.2) is 25.2 Å². The Morgan fingerprint density at radius 2 is 1.59 bits per heavy atom. The fraction of sp³-hybridized carbons (Fsp3) is 0.536. The minimum absolute atomic E-state index is 0.0850. The van der Waals surface area contributed by atoms with Crippen molar-refractivity contribution >= 4 is 11.6 Å². The number of ether oxygens (including phenoxy) is 2. The Bertz CT molecular complexity index is 924. The Labute approximate surface area is 190 Å². The molecule has 1 aliphatic heterocycles. The average molecular weight is 432 g/mol. The summed E-state index contributed by atoms with van der Waals surface area (Å²) in [5.41, 5.74) is 3.39. The molecule has 4 bridgehead atoms. The minimum atomic E-state index is -0.0850. The second-order valence-corrected chi connectivity index (χ2v) is 10.7. The van der Waals surface area contributed by atoms with Crippen molar-refractivity contribution in [2.45, 2.75) is 62.9 Å². The summed E-state index contributed by atoms with van der Waals surface area (Å²) in [6.07, 6.45) is 10.9. The number of benzene rings is 2. The maximum atomic E-state index is 12.7. The second-order valence-electron chi connectivity index (χ2n) is 10.7. The van der Waals surface area contributed by atoms with Gasteiger partial charge in [0.05, 0.1) is 6.10 Å². The summed E-state index contributed by atoms with van der Waals surface area (Å²) in [5.74, 6) is 3.52. The van der Waals surface area contributed by atoms with Gasteiger partial charge in [-0.15, -0.1) is 0 Å². The van der Waals surface area contributed by atoms with Gasteiger partial charge < -0.3 is 14.8 Å². The average Bonchev–Trinajstić information content (AvgIpc) is 3.31. The maximum absolute atomic E-state index is 12.7. The normalized spacial score (nSPS) is 32.8. The third kappa shape index (κ3) is 3.94. The van der Waals surface area contributed by atoms with Gasteiger partial charge in [0.25, 0.3) is 5.91 Å². The Hall–Kier alpha value is -2.33. The number of carbonyl (C=O) groups is 1. The van der Waals surface area contributed by atoms with Gasteiger partial charge in [0.1, 0.15) is 12.4 Å². The van der Waals surface area contributed by atoms with Crippen molar-refractivity contribution in [3.63, 3.8) is 0 Å². The van der Waals surface area contributed by atoms with Gasteiger partial charge in [0.2, 0.25) is 0 Å². The molecule has 5 aliphatic rings. The Morgan fingerprint density at radius 3 is 2.19 bits per heavy atom. The zero-order chi connectivity index (χ0) is 21.5. The Balaban J connectivity index is 1.08. The van der Waals surface area contributed by atoms with Gasteiger partial charge in [-0.1, -0.05) is 12.1 Å². The number of amides is 1. The smallest absolute Gasteiger partial charge is 0.255 e. The van der Waals surface area contributed by atoms with Gasteiger partial charge in [-0.2, -0.15) is 0 Å². The van der Waals surface area contributed by atoms with Gasteiger partial charge in [0, 0.05) is 17.9 Å². The van der Waals surface area contributed by atoms with E-state index in [9.17, 15) is 4.79 Å². The predicted octanol–water partition coefficient (Wildman–Crippen LogP) is 5.96. The van der Waals surface area contributed by atoms with Gasteiger partial charge in [-0.3, -0.25) is 4.79 Å². The predicted molar refractivity (Wildman–Crippen MR) is 125 cm³/mol. The van der Waals surface area contributed by atoms with E-state index in [1.165, 1.54) is 44.1 Å². The molecular formula is C28H33NO3. The van der Waals surface area contributed by atoms with E-state index in [0.29, 0.717) is 17.6 Å². The molecule has 1 saturated heterocycles. The van der Waals surface area contributed by atoms with Gasteiger partial charge >= 0.3 is 0 Å². The fourth-order valence-corrected chi connectivity index (χ4v) is 7.24. The number of nitrogens with one attached hydrogen (secondary N) is 1. The largest absolute Gasteiger partial charge is 0.491 e. The van der Waals surface area contributed by atoms with E-state index in [1.807, 2.05) is 24.3 Å². The van der Waals surface area contributed by atoms with Crippen molar-refractivity contribution in [2.75, 3.05) is 18.5 Å². The third-order valence-corrected chi connectivity index (χ3v) is 8.37. The molecule has 1 atom stereocenters. The number of carbonyl (C=O) groups excluding carboxylic acids is 1. The maximum Gasteiger partial charge on any atom is 0.255 e.